The van der Waals surface area contributed by atoms with Gasteiger partial charge < -0.3 is 4.57 Å². The van der Waals surface area contributed by atoms with Crippen molar-refractivity contribution in [1.82, 2.24) is 14.5 Å². The van der Waals surface area contributed by atoms with Gasteiger partial charge in [0, 0.05) is 21.9 Å². The van der Waals surface area contributed by atoms with Crippen molar-refractivity contribution in [1.29, 1.82) is 0 Å². The van der Waals surface area contributed by atoms with Crippen LogP contribution in [-0.4, -0.2) is 14.5 Å². The largest absolute Gasteiger partial charge is 0.309 e. The topological polar surface area (TPSA) is 30.7 Å². The van der Waals surface area contributed by atoms with E-state index in [0.29, 0.717) is 5.82 Å². The molecule has 3 heterocycles. The van der Waals surface area contributed by atoms with Gasteiger partial charge in [-0.15, -0.1) is 0 Å². The van der Waals surface area contributed by atoms with Gasteiger partial charge in [0.15, 0.2) is 5.82 Å². The van der Waals surface area contributed by atoms with Crippen LogP contribution in [0.15, 0.2) is 182 Å². The van der Waals surface area contributed by atoms with Gasteiger partial charge in [-0.1, -0.05) is 158 Å². The first-order chi connectivity index (χ1) is 25.7. The molecule has 1 spiro atoms. The molecule has 0 fully saturated rings. The lowest BCUT2D eigenvalue weighted by atomic mass is 9.64. The van der Waals surface area contributed by atoms with Gasteiger partial charge >= 0.3 is 0 Å². The zero-order chi connectivity index (χ0) is 34.8. The summed E-state index contributed by atoms with van der Waals surface area (Å²) in [5, 5.41) is 2.48. The molecule has 3 aliphatic rings. The van der Waals surface area contributed by atoms with E-state index in [1.165, 1.54) is 55.2 Å². The number of aromatic nitrogens is 3. The average Bonchev–Trinajstić information content (AvgIpc) is 3.52. The molecule has 1 aliphatic heterocycles. The minimum absolute atomic E-state index is 0.522. The van der Waals surface area contributed by atoms with Crippen molar-refractivity contribution in [2.45, 2.75) is 18.8 Å². The van der Waals surface area contributed by atoms with E-state index in [2.05, 4.69) is 175 Å². The van der Waals surface area contributed by atoms with Crippen LogP contribution in [0.4, 0.5) is 0 Å². The Morgan fingerprint density at radius 2 is 1.42 bits per heavy atom. The standard InChI is InChI=1S/C49H35N3/c1-3-39-46(30-32(2)43-31-44(33-18-9-6-10-19-33)51-48(50-43)34-20-7-4-5-8-21-34)52-45-29-16-13-24-37(45)38-25-17-28-42(47(38)52)49(39)40-26-14-11-22-35(40)36-23-12-15-27-41(36)49/h3-4,6-31H,2,5H2,1H3/b39-3+,46-30+. The Hall–Kier alpha value is -6.58. The number of para-hydroxylation sites is 2. The number of benzene rings is 5. The molecule has 10 rings (SSSR count). The first-order valence-electron chi connectivity index (χ1n) is 18.0. The van der Waals surface area contributed by atoms with Gasteiger partial charge in [0.05, 0.1) is 33.5 Å². The smallest absolute Gasteiger partial charge is 0.160 e. The van der Waals surface area contributed by atoms with Crippen LogP contribution < -0.4 is 0 Å². The van der Waals surface area contributed by atoms with Crippen LogP contribution in [0.1, 0.15) is 41.6 Å². The lowest BCUT2D eigenvalue weighted by Crippen LogP contribution is -2.35. The SMILES string of the molecule is C=C(/C=C1\C(=C/C)C2(c3ccccc3-c3ccccc32)c2cccc3c4ccccc4n1c23)c1cc(-c2ccccc2)nc(C2=CC=CCC=C2)n1. The minimum Gasteiger partial charge on any atom is -0.309 e. The molecule has 0 radical (unpaired) electrons. The van der Waals surface area contributed by atoms with Crippen molar-refractivity contribution in [2.75, 3.05) is 0 Å². The van der Waals surface area contributed by atoms with E-state index < -0.39 is 5.41 Å². The minimum atomic E-state index is -0.522. The van der Waals surface area contributed by atoms with E-state index in [1.54, 1.807) is 0 Å². The molecule has 246 valence electrons. The van der Waals surface area contributed by atoms with Gasteiger partial charge in [-0.3, -0.25) is 0 Å². The highest BCUT2D eigenvalue weighted by molar-refractivity contribution is 6.15. The maximum absolute atomic E-state index is 5.21. The predicted octanol–water partition coefficient (Wildman–Crippen LogP) is 12.0. The third kappa shape index (κ3) is 4.26. The Bertz CT molecular complexity index is 2740. The van der Waals surface area contributed by atoms with E-state index in [-0.39, 0.29) is 0 Å². The van der Waals surface area contributed by atoms with Gasteiger partial charge in [-0.05, 0) is 70.5 Å². The number of rotatable bonds is 4. The molecule has 0 amide bonds. The van der Waals surface area contributed by atoms with Gasteiger partial charge in [0.1, 0.15) is 0 Å². The van der Waals surface area contributed by atoms with Gasteiger partial charge in [0.2, 0.25) is 0 Å². The second-order valence-electron chi connectivity index (χ2n) is 13.7. The van der Waals surface area contributed by atoms with Crippen LogP contribution in [0.3, 0.4) is 0 Å². The van der Waals surface area contributed by atoms with Gasteiger partial charge in [-0.2, -0.15) is 0 Å². The van der Waals surface area contributed by atoms with Crippen LogP contribution in [0.5, 0.6) is 0 Å². The zero-order valence-corrected chi connectivity index (χ0v) is 28.9. The van der Waals surface area contributed by atoms with Crippen molar-refractivity contribution in [3.05, 3.63) is 210 Å². The molecule has 0 saturated heterocycles. The van der Waals surface area contributed by atoms with E-state index in [4.69, 9.17) is 16.5 Å². The second kappa shape index (κ2) is 11.8. The first-order valence-corrected chi connectivity index (χ1v) is 18.0. The number of fused-ring (bicyclic) bond motifs is 9. The first kappa shape index (κ1) is 30.3. The highest BCUT2D eigenvalue weighted by Gasteiger charge is 2.51. The Balaban J connectivity index is 1.28. The molecule has 2 aliphatic carbocycles. The number of hydrogen-bond donors (Lipinski definition) is 0. The van der Waals surface area contributed by atoms with Crippen LogP contribution in [0, 0.1) is 0 Å². The molecule has 3 heteroatoms. The van der Waals surface area contributed by atoms with E-state index in [9.17, 15) is 0 Å². The summed E-state index contributed by atoms with van der Waals surface area (Å²) in [7, 11) is 0. The fourth-order valence-electron chi connectivity index (χ4n) is 8.82. The molecular weight excluding hydrogens is 631 g/mol. The molecule has 0 atom stereocenters. The van der Waals surface area contributed by atoms with Crippen molar-refractivity contribution in [2.24, 2.45) is 0 Å². The summed E-state index contributed by atoms with van der Waals surface area (Å²) < 4.78 is 2.47. The summed E-state index contributed by atoms with van der Waals surface area (Å²) >= 11 is 0. The molecule has 0 saturated carbocycles. The summed E-state index contributed by atoms with van der Waals surface area (Å²) in [6, 6.07) is 46.0. The molecule has 52 heavy (non-hydrogen) atoms. The Morgan fingerprint density at radius 3 is 2.21 bits per heavy atom. The van der Waals surface area contributed by atoms with Crippen LogP contribution in [0.2, 0.25) is 0 Å². The van der Waals surface area contributed by atoms with Gasteiger partial charge in [0.25, 0.3) is 0 Å². The highest BCUT2D eigenvalue weighted by atomic mass is 15.0. The molecule has 5 aromatic carbocycles. The summed E-state index contributed by atoms with van der Waals surface area (Å²) in [5.41, 5.74) is 15.2. The zero-order valence-electron chi connectivity index (χ0n) is 28.9. The molecular formula is C49H35N3. The van der Waals surface area contributed by atoms with Crippen molar-refractivity contribution in [3.63, 3.8) is 0 Å². The lowest BCUT2D eigenvalue weighted by Gasteiger charge is -2.41. The molecule has 7 aromatic rings. The summed E-state index contributed by atoms with van der Waals surface area (Å²) in [6.07, 6.45) is 16.1. The van der Waals surface area contributed by atoms with Crippen molar-refractivity contribution >= 4 is 38.6 Å². The summed E-state index contributed by atoms with van der Waals surface area (Å²) in [6.45, 7) is 6.94. The fraction of sp³-hybridized carbons (Fsp3) is 0.0612. The molecule has 3 nitrogen and oxygen atoms in total. The van der Waals surface area contributed by atoms with E-state index >= 15 is 0 Å². The average molecular weight is 666 g/mol. The molecule has 0 bridgehead atoms. The maximum Gasteiger partial charge on any atom is 0.160 e. The molecule has 0 unspecified atom stereocenters. The van der Waals surface area contributed by atoms with Crippen LogP contribution in [0.25, 0.3) is 61.0 Å². The number of nitrogens with zero attached hydrogens (tertiary/aromatic N) is 3. The third-order valence-electron chi connectivity index (χ3n) is 10.9. The fourth-order valence-corrected chi connectivity index (χ4v) is 8.82. The monoisotopic (exact) mass is 665 g/mol. The summed E-state index contributed by atoms with van der Waals surface area (Å²) in [5.74, 6) is 0.683. The highest BCUT2D eigenvalue weighted by Crippen LogP contribution is 2.62. The molecule has 0 N–H and O–H groups in total. The van der Waals surface area contributed by atoms with Crippen LogP contribution >= 0.6 is 0 Å². The van der Waals surface area contributed by atoms with E-state index in [1.807, 2.05) is 6.07 Å². The Labute approximate surface area is 303 Å². The Kier molecular flexibility index (Phi) is 6.84. The van der Waals surface area contributed by atoms with Crippen LogP contribution in [-0.2, 0) is 5.41 Å². The summed E-state index contributed by atoms with van der Waals surface area (Å²) in [4.78, 5) is 10.3. The maximum atomic E-state index is 5.21. The number of allylic oxidation sites excluding steroid dienone is 11. The Morgan fingerprint density at radius 1 is 0.731 bits per heavy atom. The quantitative estimate of drug-likeness (QED) is 0.187. The normalized spacial score (nSPS) is 16.8. The predicted molar refractivity (Wildman–Crippen MR) is 217 cm³/mol. The van der Waals surface area contributed by atoms with Gasteiger partial charge in [-0.25, -0.2) is 9.97 Å². The third-order valence-corrected chi connectivity index (χ3v) is 10.9. The second-order valence-corrected chi connectivity index (χ2v) is 13.7. The van der Waals surface area contributed by atoms with Crippen molar-refractivity contribution in [3.8, 4) is 22.4 Å². The van der Waals surface area contributed by atoms with E-state index in [0.717, 1.165) is 40.2 Å². The lowest BCUT2D eigenvalue weighted by molar-refractivity contribution is 0.750. The number of hydrogen-bond acceptors (Lipinski definition) is 2. The molecule has 2 aromatic heterocycles. The van der Waals surface area contributed by atoms with Crippen molar-refractivity contribution < 1.29 is 0 Å².